The van der Waals surface area contributed by atoms with Crippen molar-refractivity contribution in [2.24, 2.45) is 5.92 Å². The molecule has 0 aromatic heterocycles. The highest BCUT2D eigenvalue weighted by Gasteiger charge is 2.23. The van der Waals surface area contributed by atoms with Crippen molar-refractivity contribution in [1.82, 2.24) is 5.32 Å². The molecule has 1 atom stereocenters. The maximum Gasteiger partial charge on any atom is 0.163 e. The first-order valence-corrected chi connectivity index (χ1v) is 6.47. The number of likely N-dealkylation sites (N-methyl/N-ethyl adjacent to an activating group) is 1. The summed E-state index contributed by atoms with van der Waals surface area (Å²) in [5, 5.41) is 3.13. The van der Waals surface area contributed by atoms with Crippen molar-refractivity contribution in [3.63, 3.8) is 0 Å². The van der Waals surface area contributed by atoms with Crippen LogP contribution in [-0.2, 0) is 4.74 Å². The van der Waals surface area contributed by atoms with Gasteiger partial charge in [-0.2, -0.15) is 0 Å². The third kappa shape index (κ3) is 3.50. The van der Waals surface area contributed by atoms with Crippen LogP contribution < -0.4 is 5.32 Å². The lowest BCUT2D eigenvalue weighted by Crippen LogP contribution is -2.27. The highest BCUT2D eigenvalue weighted by Crippen LogP contribution is 2.29. The van der Waals surface area contributed by atoms with Gasteiger partial charge in [-0.05, 0) is 31.4 Å². The summed E-state index contributed by atoms with van der Waals surface area (Å²) in [5.41, 5.74) is 0.340. The lowest BCUT2D eigenvalue weighted by Gasteiger charge is -2.19. The average Bonchev–Trinajstić information content (AvgIpc) is 3.16. The summed E-state index contributed by atoms with van der Waals surface area (Å²) in [6.07, 6.45) is 2.44. The molecule has 0 bridgehead atoms. The first-order chi connectivity index (χ1) is 8.72. The van der Waals surface area contributed by atoms with Gasteiger partial charge in [0.2, 0.25) is 0 Å². The third-order valence-corrected chi connectivity index (χ3v) is 3.14. The normalized spacial score (nSPS) is 16.8. The van der Waals surface area contributed by atoms with Crippen LogP contribution in [0.1, 0.15) is 31.4 Å². The number of hydrogen-bond acceptors (Lipinski definition) is 2. The van der Waals surface area contributed by atoms with Gasteiger partial charge in [0.1, 0.15) is 0 Å². The number of nitrogens with one attached hydrogen (secondary N) is 1. The molecule has 0 amide bonds. The van der Waals surface area contributed by atoms with E-state index in [0.29, 0.717) is 24.6 Å². The quantitative estimate of drug-likeness (QED) is 0.808. The Morgan fingerprint density at radius 3 is 2.83 bits per heavy atom. The van der Waals surface area contributed by atoms with Gasteiger partial charge in [0.25, 0.3) is 0 Å². The highest BCUT2D eigenvalue weighted by atomic mass is 19.2. The molecule has 1 aliphatic rings. The summed E-state index contributed by atoms with van der Waals surface area (Å²) in [5.74, 6) is -0.916. The molecule has 1 aromatic rings. The molecule has 0 radical (unpaired) electrons. The minimum Gasteiger partial charge on any atom is -0.379 e. The van der Waals surface area contributed by atoms with Crippen LogP contribution >= 0.6 is 0 Å². The molecule has 1 saturated carbocycles. The van der Waals surface area contributed by atoms with Gasteiger partial charge in [0.05, 0.1) is 12.6 Å². The van der Waals surface area contributed by atoms with E-state index in [2.05, 4.69) is 5.32 Å². The maximum absolute atomic E-state index is 13.7. The Bertz CT molecular complexity index is 393. The molecule has 1 aliphatic carbocycles. The smallest absolute Gasteiger partial charge is 0.163 e. The van der Waals surface area contributed by atoms with E-state index in [9.17, 15) is 8.78 Å². The van der Waals surface area contributed by atoms with Gasteiger partial charge in [0, 0.05) is 12.2 Å². The van der Waals surface area contributed by atoms with Crippen LogP contribution in [0.2, 0.25) is 0 Å². The minimum absolute atomic E-state index is 0.288. The molecule has 100 valence electrons. The number of benzene rings is 1. The van der Waals surface area contributed by atoms with E-state index in [-0.39, 0.29) is 6.04 Å². The minimum atomic E-state index is -0.808. The van der Waals surface area contributed by atoms with Crippen LogP contribution in [0.15, 0.2) is 18.2 Å². The Hall–Kier alpha value is -1.00. The molecule has 4 heteroatoms. The number of rotatable bonds is 7. The van der Waals surface area contributed by atoms with Gasteiger partial charge in [-0.25, -0.2) is 8.78 Å². The first-order valence-electron chi connectivity index (χ1n) is 6.47. The largest absolute Gasteiger partial charge is 0.379 e. The standard InChI is InChI=1S/C14H19F2NO/c1-2-17-13(9-18-8-10-6-7-10)11-4-3-5-12(15)14(11)16/h3-5,10,13,17H,2,6-9H2,1H3. The summed E-state index contributed by atoms with van der Waals surface area (Å²) in [6, 6.07) is 3.97. The molecule has 2 rings (SSSR count). The summed E-state index contributed by atoms with van der Waals surface area (Å²) in [4.78, 5) is 0. The van der Waals surface area contributed by atoms with Crippen molar-refractivity contribution < 1.29 is 13.5 Å². The molecule has 1 fully saturated rings. The lowest BCUT2D eigenvalue weighted by atomic mass is 10.1. The fourth-order valence-corrected chi connectivity index (χ4v) is 1.93. The maximum atomic E-state index is 13.7. The molecule has 1 unspecified atom stereocenters. The van der Waals surface area contributed by atoms with Crippen LogP contribution in [-0.4, -0.2) is 19.8 Å². The molecule has 0 heterocycles. The van der Waals surface area contributed by atoms with Gasteiger partial charge in [-0.15, -0.1) is 0 Å². The van der Waals surface area contributed by atoms with Crippen molar-refractivity contribution in [2.45, 2.75) is 25.8 Å². The zero-order chi connectivity index (χ0) is 13.0. The molecule has 0 spiro atoms. The fraction of sp³-hybridized carbons (Fsp3) is 0.571. The van der Waals surface area contributed by atoms with Crippen molar-refractivity contribution in [3.05, 3.63) is 35.4 Å². The van der Waals surface area contributed by atoms with E-state index in [1.807, 2.05) is 6.92 Å². The van der Waals surface area contributed by atoms with Crippen LogP contribution in [0.3, 0.4) is 0 Å². The zero-order valence-corrected chi connectivity index (χ0v) is 10.6. The predicted octanol–water partition coefficient (Wildman–Crippen LogP) is 3.04. The highest BCUT2D eigenvalue weighted by molar-refractivity contribution is 5.22. The van der Waals surface area contributed by atoms with Crippen LogP contribution in [0, 0.1) is 17.6 Å². The Kier molecular flexibility index (Phi) is 4.66. The van der Waals surface area contributed by atoms with Gasteiger partial charge < -0.3 is 10.1 Å². The Labute approximate surface area is 106 Å². The predicted molar refractivity (Wildman–Crippen MR) is 66.3 cm³/mol. The molecule has 18 heavy (non-hydrogen) atoms. The molecule has 0 aliphatic heterocycles. The van der Waals surface area contributed by atoms with Crippen LogP contribution in [0.4, 0.5) is 8.78 Å². The molecule has 1 aromatic carbocycles. The van der Waals surface area contributed by atoms with E-state index in [1.165, 1.54) is 18.9 Å². The molecule has 1 N–H and O–H groups in total. The number of halogens is 2. The van der Waals surface area contributed by atoms with Crippen molar-refractivity contribution in [1.29, 1.82) is 0 Å². The fourth-order valence-electron chi connectivity index (χ4n) is 1.93. The first kappa shape index (κ1) is 13.4. The summed E-state index contributed by atoms with van der Waals surface area (Å²) >= 11 is 0. The van der Waals surface area contributed by atoms with Crippen molar-refractivity contribution in [3.8, 4) is 0 Å². The molecular formula is C14H19F2NO. The van der Waals surface area contributed by atoms with Gasteiger partial charge in [0.15, 0.2) is 11.6 Å². The molecule has 2 nitrogen and oxygen atoms in total. The lowest BCUT2D eigenvalue weighted by molar-refractivity contribution is 0.102. The van der Waals surface area contributed by atoms with Gasteiger partial charge in [-0.3, -0.25) is 0 Å². The number of hydrogen-bond donors (Lipinski definition) is 1. The summed E-state index contributed by atoms with van der Waals surface area (Å²) < 4.78 is 32.5. The molecular weight excluding hydrogens is 236 g/mol. The zero-order valence-electron chi connectivity index (χ0n) is 10.6. The Morgan fingerprint density at radius 1 is 1.39 bits per heavy atom. The monoisotopic (exact) mass is 255 g/mol. The van der Waals surface area contributed by atoms with Gasteiger partial charge in [-0.1, -0.05) is 19.1 Å². The Balaban J connectivity index is 1.99. The molecule has 0 saturated heterocycles. The average molecular weight is 255 g/mol. The second kappa shape index (κ2) is 6.25. The van der Waals surface area contributed by atoms with Gasteiger partial charge >= 0.3 is 0 Å². The second-order valence-electron chi connectivity index (χ2n) is 4.73. The van der Waals surface area contributed by atoms with E-state index in [0.717, 1.165) is 12.7 Å². The van der Waals surface area contributed by atoms with E-state index >= 15 is 0 Å². The van der Waals surface area contributed by atoms with E-state index in [4.69, 9.17) is 4.74 Å². The summed E-state index contributed by atoms with van der Waals surface area (Å²) in [6.45, 7) is 3.72. The Morgan fingerprint density at radius 2 is 2.17 bits per heavy atom. The van der Waals surface area contributed by atoms with Crippen molar-refractivity contribution in [2.75, 3.05) is 19.8 Å². The topological polar surface area (TPSA) is 21.3 Å². The second-order valence-corrected chi connectivity index (χ2v) is 4.73. The number of ether oxygens (including phenoxy) is 1. The van der Waals surface area contributed by atoms with Crippen molar-refractivity contribution >= 4 is 0 Å². The summed E-state index contributed by atoms with van der Waals surface area (Å²) in [7, 11) is 0. The third-order valence-electron chi connectivity index (χ3n) is 3.14. The van der Waals surface area contributed by atoms with Crippen LogP contribution in [0.5, 0.6) is 0 Å². The van der Waals surface area contributed by atoms with Crippen LogP contribution in [0.25, 0.3) is 0 Å². The van der Waals surface area contributed by atoms with E-state index < -0.39 is 11.6 Å². The van der Waals surface area contributed by atoms with E-state index in [1.54, 1.807) is 6.07 Å². The SMILES string of the molecule is CCNC(COCC1CC1)c1cccc(F)c1F.